The van der Waals surface area contributed by atoms with Crippen LogP contribution in [0, 0.1) is 17.0 Å². The number of hydrogen-bond acceptors (Lipinski definition) is 4. The van der Waals surface area contributed by atoms with E-state index >= 15 is 0 Å². The van der Waals surface area contributed by atoms with Crippen LogP contribution in [0.25, 0.3) is 0 Å². The fraction of sp³-hybridized carbons (Fsp3) is 0.500. The molecule has 1 rings (SSSR count). The second-order valence-corrected chi connectivity index (χ2v) is 6.61. The number of nitro groups is 1. The van der Waals surface area contributed by atoms with Gasteiger partial charge in [-0.05, 0) is 38.7 Å². The molecule has 0 radical (unpaired) electrons. The number of nitrogens with zero attached hydrogens (tertiary/aromatic N) is 1. The van der Waals surface area contributed by atoms with Crippen LogP contribution in [0.5, 0.6) is 0 Å². The summed E-state index contributed by atoms with van der Waals surface area (Å²) in [4.78, 5) is 10.3. The van der Waals surface area contributed by atoms with Crippen molar-refractivity contribution in [2.45, 2.75) is 25.5 Å². The Morgan fingerprint density at radius 2 is 2.11 bits per heavy atom. The molecule has 0 amide bonds. The summed E-state index contributed by atoms with van der Waals surface area (Å²) >= 11 is 7.65. The molecule has 6 heteroatoms. The monoisotopic (exact) mass is 288 g/mol. The van der Waals surface area contributed by atoms with E-state index < -0.39 is 4.92 Å². The molecule has 0 unspecified atom stereocenters. The molecule has 0 aliphatic rings. The van der Waals surface area contributed by atoms with E-state index in [4.69, 9.17) is 11.6 Å². The van der Waals surface area contributed by atoms with Gasteiger partial charge in [0, 0.05) is 23.0 Å². The van der Waals surface area contributed by atoms with E-state index in [2.05, 4.69) is 25.4 Å². The Bertz CT molecular complexity index is 464. The predicted octanol–water partition coefficient (Wildman–Crippen LogP) is 4.11. The summed E-state index contributed by atoms with van der Waals surface area (Å²) in [7, 11) is 0. The van der Waals surface area contributed by atoms with Gasteiger partial charge in [0.05, 0.1) is 4.92 Å². The fourth-order valence-electron chi connectivity index (χ4n) is 1.38. The molecule has 18 heavy (non-hydrogen) atoms. The van der Waals surface area contributed by atoms with Crippen molar-refractivity contribution in [2.75, 3.05) is 18.1 Å². The number of anilines is 1. The molecule has 4 nitrogen and oxygen atoms in total. The highest BCUT2D eigenvalue weighted by Crippen LogP contribution is 2.31. The molecule has 0 aromatic heterocycles. The van der Waals surface area contributed by atoms with Crippen molar-refractivity contribution in [3.05, 3.63) is 32.8 Å². The van der Waals surface area contributed by atoms with Crippen LogP contribution in [0.1, 0.15) is 19.4 Å². The molecule has 1 aromatic rings. The second-order valence-electron chi connectivity index (χ2n) is 4.69. The topological polar surface area (TPSA) is 55.2 Å². The van der Waals surface area contributed by atoms with E-state index in [0.717, 1.165) is 17.8 Å². The van der Waals surface area contributed by atoms with Gasteiger partial charge in [0.2, 0.25) is 0 Å². The largest absolute Gasteiger partial charge is 0.383 e. The molecule has 0 bridgehead atoms. The maximum Gasteiger partial charge on any atom is 0.288 e. The van der Waals surface area contributed by atoms with Crippen molar-refractivity contribution in [2.24, 2.45) is 0 Å². The van der Waals surface area contributed by atoms with Crippen molar-refractivity contribution >= 4 is 34.7 Å². The summed E-state index contributed by atoms with van der Waals surface area (Å²) < 4.78 is 0.0979. The second kappa shape index (κ2) is 5.80. The molecule has 1 aromatic carbocycles. The first kappa shape index (κ1) is 15.1. The molecule has 0 atom stereocenters. The van der Waals surface area contributed by atoms with Crippen molar-refractivity contribution in [3.63, 3.8) is 0 Å². The lowest BCUT2D eigenvalue weighted by Crippen LogP contribution is -2.26. The minimum absolute atomic E-state index is 0.0520. The van der Waals surface area contributed by atoms with Gasteiger partial charge in [-0.3, -0.25) is 10.1 Å². The Balaban J connectivity index is 2.92. The van der Waals surface area contributed by atoms with Gasteiger partial charge in [-0.25, -0.2) is 0 Å². The van der Waals surface area contributed by atoms with Crippen LogP contribution in [-0.2, 0) is 0 Å². The smallest absolute Gasteiger partial charge is 0.288 e. The molecule has 0 spiro atoms. The van der Waals surface area contributed by atoms with Crippen LogP contribution in [-0.4, -0.2) is 22.5 Å². The summed E-state index contributed by atoms with van der Waals surface area (Å²) in [5.74, 6) is 0. The Morgan fingerprint density at radius 3 is 2.61 bits per heavy atom. The lowest BCUT2D eigenvalue weighted by Gasteiger charge is -2.23. The zero-order valence-electron chi connectivity index (χ0n) is 10.9. The van der Waals surface area contributed by atoms with E-state index in [0.29, 0.717) is 0 Å². The zero-order valence-corrected chi connectivity index (χ0v) is 12.5. The molecule has 0 aliphatic heterocycles. The van der Waals surface area contributed by atoms with Gasteiger partial charge in [0.15, 0.2) is 0 Å². The minimum Gasteiger partial charge on any atom is -0.383 e. The number of aryl methyl sites for hydroxylation is 1. The zero-order chi connectivity index (χ0) is 13.9. The molecule has 0 aliphatic carbocycles. The third-order valence-corrected chi connectivity index (χ3v) is 4.30. The van der Waals surface area contributed by atoms with Crippen LogP contribution in [0.15, 0.2) is 12.1 Å². The van der Waals surface area contributed by atoms with Gasteiger partial charge in [0.1, 0.15) is 5.02 Å². The van der Waals surface area contributed by atoms with E-state index in [-0.39, 0.29) is 15.5 Å². The number of nitro benzene ring substituents is 1. The fourth-order valence-corrected chi connectivity index (χ4v) is 1.83. The van der Waals surface area contributed by atoms with Gasteiger partial charge in [-0.1, -0.05) is 11.6 Å². The predicted molar refractivity (Wildman–Crippen MR) is 78.9 cm³/mol. The maximum absolute atomic E-state index is 10.7. The molecule has 0 saturated carbocycles. The Kier molecular flexibility index (Phi) is 4.87. The van der Waals surface area contributed by atoms with Crippen LogP contribution in [0.3, 0.4) is 0 Å². The van der Waals surface area contributed by atoms with Crippen LogP contribution >= 0.6 is 23.4 Å². The molecule has 0 fully saturated rings. The minimum atomic E-state index is -0.467. The number of benzene rings is 1. The standard InChI is InChI=1S/C12H17ClN2O2S/c1-8-5-11(15(16)17)9(13)6-10(8)14-7-12(2,3)18-4/h5-6,14H,7H2,1-4H3. The van der Waals surface area contributed by atoms with Crippen molar-refractivity contribution in [1.82, 2.24) is 0 Å². The number of thioether (sulfide) groups is 1. The van der Waals surface area contributed by atoms with Gasteiger partial charge < -0.3 is 5.32 Å². The number of rotatable bonds is 5. The highest BCUT2D eigenvalue weighted by molar-refractivity contribution is 7.99. The average molecular weight is 289 g/mol. The highest BCUT2D eigenvalue weighted by Gasteiger charge is 2.18. The van der Waals surface area contributed by atoms with E-state index in [1.54, 1.807) is 17.8 Å². The van der Waals surface area contributed by atoms with E-state index in [9.17, 15) is 10.1 Å². The first-order valence-corrected chi connectivity index (χ1v) is 7.10. The molecule has 100 valence electrons. The lowest BCUT2D eigenvalue weighted by molar-refractivity contribution is -0.384. The Labute approximate surface area is 116 Å². The number of halogens is 1. The van der Waals surface area contributed by atoms with Crippen molar-refractivity contribution < 1.29 is 4.92 Å². The van der Waals surface area contributed by atoms with Gasteiger partial charge >= 0.3 is 0 Å². The summed E-state index contributed by atoms with van der Waals surface area (Å²) in [5.41, 5.74) is 1.61. The summed E-state index contributed by atoms with van der Waals surface area (Å²) in [6.07, 6.45) is 2.05. The number of hydrogen-bond donors (Lipinski definition) is 1. The summed E-state index contributed by atoms with van der Waals surface area (Å²) in [6, 6.07) is 3.11. The third kappa shape index (κ3) is 3.78. The summed E-state index contributed by atoms with van der Waals surface area (Å²) in [5, 5.41) is 14.2. The first-order valence-electron chi connectivity index (χ1n) is 5.50. The molecule has 0 saturated heterocycles. The van der Waals surface area contributed by atoms with Gasteiger partial charge in [-0.2, -0.15) is 11.8 Å². The molecule has 1 N–H and O–H groups in total. The quantitative estimate of drug-likeness (QED) is 0.654. The van der Waals surface area contributed by atoms with E-state index in [1.807, 2.05) is 6.92 Å². The first-order chi connectivity index (χ1) is 8.26. The summed E-state index contributed by atoms with van der Waals surface area (Å²) in [6.45, 7) is 6.86. The Hall–Kier alpha value is -0.940. The molecule has 0 heterocycles. The lowest BCUT2D eigenvalue weighted by atomic mass is 10.1. The molecular formula is C12H17ClN2O2S. The maximum atomic E-state index is 10.7. The molecular weight excluding hydrogens is 272 g/mol. The Morgan fingerprint density at radius 1 is 1.50 bits per heavy atom. The third-order valence-electron chi connectivity index (χ3n) is 2.75. The van der Waals surface area contributed by atoms with Crippen LogP contribution in [0.4, 0.5) is 11.4 Å². The SMILES string of the molecule is CSC(C)(C)CNc1cc(Cl)c([N+](=O)[O-])cc1C. The normalized spacial score (nSPS) is 11.4. The van der Waals surface area contributed by atoms with Crippen LogP contribution in [0.2, 0.25) is 5.02 Å². The number of nitrogens with one attached hydrogen (secondary N) is 1. The van der Waals surface area contributed by atoms with Crippen molar-refractivity contribution in [3.8, 4) is 0 Å². The average Bonchev–Trinajstić information content (AvgIpc) is 2.29. The van der Waals surface area contributed by atoms with E-state index in [1.165, 1.54) is 6.07 Å². The van der Waals surface area contributed by atoms with Gasteiger partial charge in [0.25, 0.3) is 5.69 Å². The van der Waals surface area contributed by atoms with Gasteiger partial charge in [-0.15, -0.1) is 0 Å². The van der Waals surface area contributed by atoms with Crippen LogP contribution < -0.4 is 5.32 Å². The van der Waals surface area contributed by atoms with Crippen molar-refractivity contribution in [1.29, 1.82) is 0 Å². The highest BCUT2D eigenvalue weighted by atomic mass is 35.5.